The molecule has 1 fully saturated rings. The van der Waals surface area contributed by atoms with Gasteiger partial charge in [0.1, 0.15) is 36.4 Å². The van der Waals surface area contributed by atoms with E-state index in [9.17, 15) is 48.3 Å². The summed E-state index contributed by atoms with van der Waals surface area (Å²) in [5.41, 5.74) is 24.4. The molecule has 8 atom stereocenters. The second-order valence-electron chi connectivity index (χ2n) is 18.6. The molecule has 10 amide bonds. The number of nitrogens with zero attached hydrogens (tertiary/aromatic N) is 2. The number of aliphatic hydroxyl groups is 1. The van der Waals surface area contributed by atoms with E-state index in [1.165, 1.54) is 19.4 Å². The Morgan fingerprint density at radius 2 is 1.42 bits per heavy atom. The Labute approximate surface area is 443 Å². The lowest BCUT2D eigenvalue weighted by atomic mass is 10.0. The van der Waals surface area contributed by atoms with Crippen LogP contribution in [0, 0.1) is 0 Å². The summed E-state index contributed by atoms with van der Waals surface area (Å²) < 4.78 is 0. The van der Waals surface area contributed by atoms with Crippen molar-refractivity contribution < 1.29 is 48.3 Å². The second kappa shape index (κ2) is 30.1. The zero-order chi connectivity index (χ0) is 55.9. The van der Waals surface area contributed by atoms with Crippen molar-refractivity contribution in [1.82, 2.24) is 62.8 Å². The number of para-hydroxylation sites is 1. The molecule has 0 saturated carbocycles. The number of primary amides is 2. The number of urea groups is 1. The van der Waals surface area contributed by atoms with Crippen molar-refractivity contribution in [1.29, 1.82) is 0 Å². The molecule has 416 valence electrons. The van der Waals surface area contributed by atoms with E-state index in [2.05, 4.69) is 67.8 Å². The van der Waals surface area contributed by atoms with Crippen LogP contribution in [0.5, 0.6) is 0 Å². The van der Waals surface area contributed by atoms with Gasteiger partial charge in [-0.3, -0.25) is 48.7 Å². The fourth-order valence-corrected chi connectivity index (χ4v) is 8.65. The Morgan fingerprint density at radius 3 is 2.09 bits per heavy atom. The van der Waals surface area contributed by atoms with Crippen LogP contribution in [0.15, 0.2) is 78.3 Å². The second-order valence-corrected chi connectivity index (χ2v) is 18.6. The Kier molecular flexibility index (Phi) is 23.2. The molecule has 0 aliphatic carbocycles. The number of benzene rings is 2. The molecule has 0 bridgehead atoms. The number of fused-ring (bicyclic) bond motifs is 1. The van der Waals surface area contributed by atoms with Crippen LogP contribution in [0.2, 0.25) is 0 Å². The average molecular weight is 1070 g/mol. The van der Waals surface area contributed by atoms with Crippen molar-refractivity contribution in [2.75, 3.05) is 19.6 Å². The lowest BCUT2D eigenvalue weighted by Crippen LogP contribution is -2.61. The Morgan fingerprint density at radius 1 is 0.766 bits per heavy atom. The molecule has 27 nitrogen and oxygen atoms in total. The average Bonchev–Trinajstić information content (AvgIpc) is 4.07. The number of H-pyrrole nitrogens is 2. The fourth-order valence-electron chi connectivity index (χ4n) is 8.65. The fraction of sp³-hybridized carbons (Fsp3) is 0.460. The Balaban J connectivity index is 1.54. The molecule has 1 aliphatic heterocycles. The smallest absolute Gasteiger partial charge is 0.312 e. The number of aromatic amines is 2. The van der Waals surface area contributed by atoms with Gasteiger partial charge in [-0.1, -0.05) is 48.5 Å². The molecule has 3 heterocycles. The van der Waals surface area contributed by atoms with Gasteiger partial charge in [-0.25, -0.2) is 9.78 Å². The van der Waals surface area contributed by atoms with Gasteiger partial charge >= 0.3 is 6.03 Å². The van der Waals surface area contributed by atoms with Crippen LogP contribution in [-0.4, -0.2) is 147 Å². The van der Waals surface area contributed by atoms with Crippen LogP contribution >= 0.6 is 0 Å². The van der Waals surface area contributed by atoms with Gasteiger partial charge < -0.3 is 80.5 Å². The minimum Gasteiger partial charge on any atom is -0.376 e. The van der Waals surface area contributed by atoms with E-state index < -0.39 is 108 Å². The van der Waals surface area contributed by atoms with Crippen LogP contribution in [-0.2, 0) is 57.6 Å². The van der Waals surface area contributed by atoms with E-state index in [0.29, 0.717) is 16.8 Å². The Bertz CT molecular complexity index is 2660. The summed E-state index contributed by atoms with van der Waals surface area (Å²) in [4.78, 5) is 137. The highest BCUT2D eigenvalue weighted by Gasteiger charge is 2.35. The van der Waals surface area contributed by atoms with Crippen molar-refractivity contribution in [3.63, 3.8) is 0 Å². The van der Waals surface area contributed by atoms with Gasteiger partial charge in [0, 0.05) is 74.8 Å². The van der Waals surface area contributed by atoms with Gasteiger partial charge in [0.2, 0.25) is 47.3 Å². The number of aliphatic hydroxyl groups excluding tert-OH is 1. The highest BCUT2D eigenvalue weighted by atomic mass is 16.3. The number of nitrogens with one attached hydrogen (secondary N) is 11. The van der Waals surface area contributed by atoms with Crippen LogP contribution in [0.4, 0.5) is 4.79 Å². The van der Waals surface area contributed by atoms with Crippen LogP contribution in [0.1, 0.15) is 75.1 Å². The van der Waals surface area contributed by atoms with Crippen LogP contribution in [0.25, 0.3) is 10.9 Å². The largest absolute Gasteiger partial charge is 0.376 e. The zero-order valence-electron chi connectivity index (χ0n) is 42.8. The van der Waals surface area contributed by atoms with Crippen molar-refractivity contribution in [3.05, 3.63) is 90.1 Å². The third-order valence-corrected chi connectivity index (χ3v) is 12.6. The maximum Gasteiger partial charge on any atom is 0.312 e. The van der Waals surface area contributed by atoms with Gasteiger partial charge in [0.15, 0.2) is 5.96 Å². The van der Waals surface area contributed by atoms with E-state index in [1.807, 2.05) is 18.2 Å². The number of carbonyl (C=O) groups is 9. The summed E-state index contributed by atoms with van der Waals surface area (Å²) in [5.74, 6) is -6.50. The molecule has 1 aliphatic rings. The number of rotatable bonds is 19. The molecule has 4 aromatic rings. The molecule has 2 aromatic carbocycles. The third kappa shape index (κ3) is 19.9. The number of hydrogen-bond donors (Lipinski definition) is 16. The van der Waals surface area contributed by atoms with Gasteiger partial charge in [-0.15, -0.1) is 0 Å². The lowest BCUT2D eigenvalue weighted by Gasteiger charge is -2.30. The van der Waals surface area contributed by atoms with Crippen molar-refractivity contribution in [2.24, 2.45) is 27.9 Å². The van der Waals surface area contributed by atoms with Gasteiger partial charge in [0.05, 0.1) is 24.8 Å². The SMILES string of the molecule is CC(=O)NC(CCCN=C(N)N)C(O)NC1CC(=O)NCCCCC(C(N)=O)NC(=O)C(Cc2c[nH]c3ccccc23)NC(=O)C(CCCNC(N)=O)NC(=O)C(Cc2ccccc2)NC(=O)C(Cc2cnc[nH]2)NC1=O. The standard InChI is InChI=1S/C50H71N17O10/c1-28(68)61-35(16-9-19-57-49(52)53)43(71)67-40-24-41(69)56-18-8-7-15-34(42(51)70)62-46(74)38(22-30-25-59-33-14-6-5-13-32(30)33)65-44(72)36(17-10-20-58-50(54)77)63-45(73)37(21-29-11-3-2-4-12-29)64-47(75)39(66-48(40)76)23-31-26-55-27-60-31/h2-6,11-14,25-27,34-40,43,59,67,71H,7-10,15-24H2,1H3,(H2,51,70)(H,55,60)(H,56,69)(H,61,68)(H,62,74)(H,63,73)(H,64,75)(H,65,72)(H,66,76)(H4,52,53,57)(H3,54,58,77). The maximum absolute atomic E-state index is 14.7. The normalized spacial score (nSPS) is 21.4. The van der Waals surface area contributed by atoms with E-state index in [-0.39, 0.29) is 89.8 Å². The Hall–Kier alpha value is -8.59. The molecule has 5 rings (SSSR count). The van der Waals surface area contributed by atoms with Crippen molar-refractivity contribution >= 4 is 70.2 Å². The molecule has 20 N–H and O–H groups in total. The molecular formula is C50H71N17O10. The number of carbonyl (C=O) groups excluding carboxylic acids is 9. The van der Waals surface area contributed by atoms with E-state index >= 15 is 0 Å². The summed E-state index contributed by atoms with van der Waals surface area (Å²) in [6.45, 7) is 1.40. The predicted octanol–water partition coefficient (Wildman–Crippen LogP) is -3.20. The minimum atomic E-state index is -1.65. The summed E-state index contributed by atoms with van der Waals surface area (Å²) in [6, 6.07) is 5.58. The molecule has 2 aromatic heterocycles. The van der Waals surface area contributed by atoms with Gasteiger partial charge in [0.25, 0.3) is 0 Å². The number of aliphatic imine (C=N–C) groups is 1. The third-order valence-electron chi connectivity index (χ3n) is 12.6. The molecule has 77 heavy (non-hydrogen) atoms. The number of nitrogens with two attached hydrogens (primary N) is 4. The quantitative estimate of drug-likeness (QED) is 0.0191. The number of hydrogen-bond acceptors (Lipinski definition) is 13. The zero-order valence-corrected chi connectivity index (χ0v) is 42.8. The monoisotopic (exact) mass is 1070 g/mol. The van der Waals surface area contributed by atoms with Crippen molar-refractivity contribution in [3.8, 4) is 0 Å². The van der Waals surface area contributed by atoms with Gasteiger partial charge in [-0.2, -0.15) is 0 Å². The molecular weight excluding hydrogens is 999 g/mol. The summed E-state index contributed by atoms with van der Waals surface area (Å²) in [6.07, 6.45) is 2.68. The number of aromatic nitrogens is 3. The summed E-state index contributed by atoms with van der Waals surface area (Å²) in [7, 11) is 0. The lowest BCUT2D eigenvalue weighted by molar-refractivity contribution is -0.135. The minimum absolute atomic E-state index is 0.00495. The van der Waals surface area contributed by atoms with E-state index in [4.69, 9.17) is 22.9 Å². The molecule has 8 unspecified atom stereocenters. The topological polar surface area (TPSA) is 443 Å². The first kappa shape index (κ1) is 59.3. The number of imidazole rings is 1. The highest BCUT2D eigenvalue weighted by molar-refractivity contribution is 5.98. The van der Waals surface area contributed by atoms with Gasteiger partial charge in [-0.05, 0) is 62.1 Å². The predicted molar refractivity (Wildman–Crippen MR) is 282 cm³/mol. The number of guanidine groups is 1. The molecule has 1 saturated heterocycles. The first-order valence-corrected chi connectivity index (χ1v) is 25.3. The van der Waals surface area contributed by atoms with E-state index in [0.717, 1.165) is 10.9 Å². The van der Waals surface area contributed by atoms with Crippen LogP contribution in [0.3, 0.4) is 0 Å². The molecule has 0 radical (unpaired) electrons. The number of amides is 10. The van der Waals surface area contributed by atoms with Crippen LogP contribution < -0.4 is 70.8 Å². The first-order chi connectivity index (χ1) is 36.9. The van der Waals surface area contributed by atoms with Crippen molar-refractivity contribution in [2.45, 2.75) is 126 Å². The molecule has 0 spiro atoms. The first-order valence-electron chi connectivity index (χ1n) is 25.3. The maximum atomic E-state index is 14.7. The summed E-state index contributed by atoms with van der Waals surface area (Å²) >= 11 is 0. The van der Waals surface area contributed by atoms with E-state index in [1.54, 1.807) is 42.6 Å². The summed E-state index contributed by atoms with van der Waals surface area (Å²) in [5, 5.41) is 36.4. The molecule has 27 heteroatoms. The highest BCUT2D eigenvalue weighted by Crippen LogP contribution is 2.20.